The molecule has 0 heterocycles. The van der Waals surface area contributed by atoms with Crippen molar-refractivity contribution in [3.8, 4) is 0 Å². The van der Waals surface area contributed by atoms with E-state index < -0.39 is 27.5 Å². The van der Waals surface area contributed by atoms with Gasteiger partial charge in [0.15, 0.2) is 5.78 Å². The van der Waals surface area contributed by atoms with Gasteiger partial charge in [0.25, 0.3) is 0 Å². The average Bonchev–Trinajstić information content (AvgIpc) is 3.11. The molecule has 186 valence electrons. The third kappa shape index (κ3) is 5.30. The van der Waals surface area contributed by atoms with Gasteiger partial charge in [0, 0.05) is 33.6 Å². The highest BCUT2D eigenvalue weighted by Crippen LogP contribution is 2.65. The van der Waals surface area contributed by atoms with Crippen LogP contribution in [0.2, 0.25) is 15.1 Å². The third-order valence-corrected chi connectivity index (χ3v) is 8.50. The summed E-state index contributed by atoms with van der Waals surface area (Å²) >= 11 is 31.4. The van der Waals surface area contributed by atoms with Crippen LogP contribution in [0.5, 0.6) is 0 Å². The van der Waals surface area contributed by atoms with Crippen LogP contribution in [0.1, 0.15) is 53.9 Å². The minimum atomic E-state index is -1.33. The second-order valence-corrected chi connectivity index (χ2v) is 11.8. The maximum Gasteiger partial charge on any atom is 0.312 e. The van der Waals surface area contributed by atoms with Crippen LogP contribution in [0.25, 0.3) is 0 Å². The second kappa shape index (κ2) is 10.1. The number of hydrogen-bond acceptors (Lipinski definition) is 4. The SMILES string of the molecule is COC(=O)C1(CC(=O)c2cc(NC(=O)C3C(c4cc(Cl)cc(Cl)c4)C3(Cl)Cl)ccc2Cl)CCCC1. The molecule has 35 heavy (non-hydrogen) atoms. The number of Topliss-reactive ketones (excluding diaryl/α,β-unsaturated/α-hetero) is 1. The summed E-state index contributed by atoms with van der Waals surface area (Å²) in [6.07, 6.45) is 2.87. The zero-order chi connectivity index (χ0) is 25.5. The Morgan fingerprint density at radius 2 is 1.63 bits per heavy atom. The lowest BCUT2D eigenvalue weighted by Crippen LogP contribution is -2.32. The molecule has 2 aliphatic carbocycles. The minimum Gasteiger partial charge on any atom is -0.469 e. The number of carbonyl (C=O) groups excluding carboxylic acids is 3. The Balaban J connectivity index is 1.51. The van der Waals surface area contributed by atoms with E-state index >= 15 is 0 Å². The summed E-state index contributed by atoms with van der Waals surface area (Å²) in [6, 6.07) is 9.53. The van der Waals surface area contributed by atoms with Gasteiger partial charge in [-0.3, -0.25) is 14.4 Å². The highest BCUT2D eigenvalue weighted by atomic mass is 35.5. The van der Waals surface area contributed by atoms with E-state index in [2.05, 4.69) is 5.32 Å². The number of ketones is 1. The van der Waals surface area contributed by atoms with Gasteiger partial charge in [-0.1, -0.05) is 47.6 Å². The number of amides is 1. The lowest BCUT2D eigenvalue weighted by Gasteiger charge is -2.25. The molecule has 2 unspecified atom stereocenters. The van der Waals surface area contributed by atoms with Crippen molar-refractivity contribution in [1.82, 2.24) is 0 Å². The normalized spacial score (nSPS) is 21.9. The number of benzene rings is 2. The Kier molecular flexibility index (Phi) is 7.67. The van der Waals surface area contributed by atoms with Crippen molar-refractivity contribution in [3.05, 3.63) is 62.6 Å². The van der Waals surface area contributed by atoms with E-state index in [1.54, 1.807) is 24.3 Å². The summed E-state index contributed by atoms with van der Waals surface area (Å²) < 4.78 is 3.64. The first-order chi connectivity index (χ1) is 16.5. The smallest absolute Gasteiger partial charge is 0.312 e. The topological polar surface area (TPSA) is 72.5 Å². The summed E-state index contributed by atoms with van der Waals surface area (Å²) in [5.74, 6) is -2.35. The molecule has 2 atom stereocenters. The molecule has 0 aliphatic heterocycles. The molecule has 2 aromatic carbocycles. The highest BCUT2D eigenvalue weighted by Gasteiger charge is 2.67. The molecule has 0 saturated heterocycles. The Labute approximate surface area is 228 Å². The van der Waals surface area contributed by atoms with E-state index in [-0.39, 0.29) is 28.8 Å². The van der Waals surface area contributed by atoms with Gasteiger partial charge in [0.05, 0.1) is 23.5 Å². The van der Waals surface area contributed by atoms with E-state index in [4.69, 9.17) is 62.7 Å². The largest absolute Gasteiger partial charge is 0.469 e. The van der Waals surface area contributed by atoms with Gasteiger partial charge in [-0.2, -0.15) is 0 Å². The van der Waals surface area contributed by atoms with E-state index in [9.17, 15) is 14.4 Å². The maximum absolute atomic E-state index is 13.2. The quantitative estimate of drug-likeness (QED) is 0.210. The number of ether oxygens (including phenoxy) is 1. The van der Waals surface area contributed by atoms with Gasteiger partial charge in [-0.25, -0.2) is 0 Å². The van der Waals surface area contributed by atoms with Gasteiger partial charge in [0.2, 0.25) is 5.91 Å². The number of nitrogens with one attached hydrogen (secondary N) is 1. The molecule has 0 radical (unpaired) electrons. The first-order valence-corrected chi connectivity index (χ1v) is 12.9. The zero-order valence-corrected chi connectivity index (χ0v) is 22.5. The second-order valence-electron chi connectivity index (χ2n) is 9.10. The third-order valence-electron chi connectivity index (χ3n) is 6.79. The van der Waals surface area contributed by atoms with Crippen LogP contribution in [0.3, 0.4) is 0 Å². The summed E-state index contributed by atoms with van der Waals surface area (Å²) in [5.41, 5.74) is 0.395. The molecule has 1 N–H and O–H groups in total. The first kappa shape index (κ1) is 26.6. The number of rotatable bonds is 7. The molecule has 10 heteroatoms. The summed E-state index contributed by atoms with van der Waals surface area (Å²) in [5, 5.41) is 3.83. The molecule has 0 bridgehead atoms. The fraction of sp³-hybridized carbons (Fsp3) is 0.400. The number of carbonyl (C=O) groups is 3. The van der Waals surface area contributed by atoms with E-state index in [0.29, 0.717) is 34.1 Å². The number of hydrogen-bond donors (Lipinski definition) is 1. The zero-order valence-electron chi connectivity index (χ0n) is 18.7. The molecule has 2 saturated carbocycles. The highest BCUT2D eigenvalue weighted by molar-refractivity contribution is 6.53. The van der Waals surface area contributed by atoms with Crippen LogP contribution in [0.4, 0.5) is 5.69 Å². The fourth-order valence-electron chi connectivity index (χ4n) is 4.98. The molecule has 1 amide bonds. The van der Waals surface area contributed by atoms with Gasteiger partial charge in [0.1, 0.15) is 4.33 Å². The molecule has 0 spiro atoms. The van der Waals surface area contributed by atoms with Crippen LogP contribution < -0.4 is 5.32 Å². The maximum atomic E-state index is 13.2. The Hall–Kier alpha value is -1.50. The van der Waals surface area contributed by atoms with Crippen LogP contribution in [-0.2, 0) is 14.3 Å². The lowest BCUT2D eigenvalue weighted by atomic mass is 9.80. The Morgan fingerprint density at radius 3 is 2.23 bits per heavy atom. The average molecular weight is 578 g/mol. The summed E-state index contributed by atoms with van der Waals surface area (Å²) in [7, 11) is 1.33. The molecule has 0 aromatic heterocycles. The van der Waals surface area contributed by atoms with E-state index in [0.717, 1.165) is 12.8 Å². The predicted octanol–water partition coefficient (Wildman–Crippen LogP) is 7.48. The standard InChI is InChI=1S/C25H22Cl5NO4/c1-35-23(34)24(6-2-3-7-24)12-19(32)17-11-16(4-5-18(17)28)31-22(33)21-20(25(21,29)30)13-8-14(26)10-15(27)9-13/h4-5,8-11,20-21H,2-3,6-7,12H2,1H3,(H,31,33). The number of alkyl halides is 2. The van der Waals surface area contributed by atoms with Crippen molar-refractivity contribution < 1.29 is 19.1 Å². The van der Waals surface area contributed by atoms with Crippen molar-refractivity contribution in [1.29, 1.82) is 0 Å². The van der Waals surface area contributed by atoms with E-state index in [1.807, 2.05) is 0 Å². The van der Waals surface area contributed by atoms with Crippen LogP contribution in [0, 0.1) is 11.3 Å². The molecule has 2 aliphatic rings. The summed E-state index contributed by atoms with van der Waals surface area (Å²) in [4.78, 5) is 38.6. The lowest BCUT2D eigenvalue weighted by molar-refractivity contribution is -0.152. The van der Waals surface area contributed by atoms with Crippen molar-refractivity contribution in [2.45, 2.75) is 42.4 Å². The van der Waals surface area contributed by atoms with Crippen molar-refractivity contribution >= 4 is 81.4 Å². The monoisotopic (exact) mass is 575 g/mol. The molecular formula is C25H22Cl5NO4. The Morgan fingerprint density at radius 1 is 1.00 bits per heavy atom. The number of esters is 1. The summed E-state index contributed by atoms with van der Waals surface area (Å²) in [6.45, 7) is 0. The van der Waals surface area contributed by atoms with Crippen LogP contribution in [0.15, 0.2) is 36.4 Å². The number of anilines is 1. The van der Waals surface area contributed by atoms with Gasteiger partial charge >= 0.3 is 5.97 Å². The minimum absolute atomic E-state index is 0.0104. The van der Waals surface area contributed by atoms with Crippen LogP contribution in [-0.4, -0.2) is 29.1 Å². The van der Waals surface area contributed by atoms with Crippen LogP contribution >= 0.6 is 58.0 Å². The molecule has 5 nitrogen and oxygen atoms in total. The molecule has 4 rings (SSSR count). The van der Waals surface area contributed by atoms with Gasteiger partial charge in [-0.05, 0) is 54.8 Å². The van der Waals surface area contributed by atoms with Crippen molar-refractivity contribution in [2.24, 2.45) is 11.3 Å². The van der Waals surface area contributed by atoms with Crippen molar-refractivity contribution in [2.75, 3.05) is 12.4 Å². The molecule has 2 aromatic rings. The number of halogens is 5. The van der Waals surface area contributed by atoms with Gasteiger partial charge < -0.3 is 10.1 Å². The molecule has 2 fully saturated rings. The Bertz CT molecular complexity index is 1170. The number of methoxy groups -OCH3 is 1. The first-order valence-electron chi connectivity index (χ1n) is 11.0. The van der Waals surface area contributed by atoms with E-state index in [1.165, 1.54) is 19.2 Å². The van der Waals surface area contributed by atoms with Gasteiger partial charge in [-0.15, -0.1) is 23.2 Å². The van der Waals surface area contributed by atoms with Crippen molar-refractivity contribution in [3.63, 3.8) is 0 Å². The molecular weight excluding hydrogens is 556 g/mol. The fourth-order valence-corrected chi connectivity index (χ4v) is 6.58. The predicted molar refractivity (Wildman–Crippen MR) is 139 cm³/mol.